The molecular formula is C20H19N3O. The zero-order valence-corrected chi connectivity index (χ0v) is 13.4. The van der Waals surface area contributed by atoms with Gasteiger partial charge in [-0.1, -0.05) is 66.7 Å². The Morgan fingerprint density at radius 3 is 1.96 bits per heavy atom. The first-order valence-electron chi connectivity index (χ1n) is 7.83. The Bertz CT molecular complexity index is 764. The van der Waals surface area contributed by atoms with Crippen LogP contribution in [-0.2, 0) is 0 Å². The number of hydrogen-bond acceptors (Lipinski definition) is 2. The predicted octanol–water partition coefficient (Wildman–Crippen LogP) is 4.30. The maximum atomic E-state index is 12.4. The molecular weight excluding hydrogens is 298 g/mol. The molecule has 0 aliphatic heterocycles. The van der Waals surface area contributed by atoms with E-state index in [1.54, 1.807) is 6.07 Å². The fourth-order valence-electron chi connectivity index (χ4n) is 2.55. The highest BCUT2D eigenvalue weighted by molar-refractivity contribution is 5.88. The zero-order valence-electron chi connectivity index (χ0n) is 13.4. The van der Waals surface area contributed by atoms with Crippen molar-refractivity contribution in [1.29, 1.82) is 0 Å². The Morgan fingerprint density at radius 2 is 1.42 bits per heavy atom. The third-order valence-electron chi connectivity index (χ3n) is 3.67. The van der Waals surface area contributed by atoms with Gasteiger partial charge in [-0.15, -0.1) is 0 Å². The van der Waals surface area contributed by atoms with Crippen molar-refractivity contribution < 1.29 is 4.79 Å². The first-order chi connectivity index (χ1) is 11.7. The molecule has 0 aliphatic rings. The van der Waals surface area contributed by atoms with Crippen molar-refractivity contribution in [3.05, 3.63) is 95.7 Å². The molecule has 1 aromatic heterocycles. The summed E-state index contributed by atoms with van der Waals surface area (Å²) < 4.78 is 0. The highest BCUT2D eigenvalue weighted by Crippen LogP contribution is 2.21. The fraction of sp³-hybridized carbons (Fsp3) is 0.100. The first-order valence-corrected chi connectivity index (χ1v) is 7.83. The summed E-state index contributed by atoms with van der Waals surface area (Å²) in [5.41, 5.74) is 2.91. The molecule has 0 aliphatic carbocycles. The molecule has 2 aromatic carbocycles. The molecule has 0 radical (unpaired) electrons. The third-order valence-corrected chi connectivity index (χ3v) is 3.67. The molecule has 4 heteroatoms. The molecule has 0 fully saturated rings. The Kier molecular flexibility index (Phi) is 4.87. The van der Waals surface area contributed by atoms with Crippen LogP contribution in [0, 0.1) is 6.92 Å². The van der Waals surface area contributed by atoms with E-state index in [9.17, 15) is 4.79 Å². The van der Waals surface area contributed by atoms with Gasteiger partial charge >= 0.3 is 6.03 Å². The minimum atomic E-state index is -0.286. The van der Waals surface area contributed by atoms with Gasteiger partial charge in [0.15, 0.2) is 0 Å². The SMILES string of the molecule is Cc1cccc(NC(=O)NC(c2ccccc2)c2ccccc2)n1. The molecule has 0 saturated carbocycles. The molecule has 3 aromatic rings. The van der Waals surface area contributed by atoms with Crippen LogP contribution in [0.4, 0.5) is 10.6 Å². The van der Waals surface area contributed by atoms with E-state index in [0.717, 1.165) is 16.8 Å². The Balaban J connectivity index is 1.80. The lowest BCUT2D eigenvalue weighted by atomic mass is 9.99. The Hall–Kier alpha value is -3.14. The number of carbonyl (C=O) groups excluding carboxylic acids is 1. The Labute approximate surface area is 141 Å². The van der Waals surface area contributed by atoms with Crippen molar-refractivity contribution in [3.63, 3.8) is 0 Å². The molecule has 3 rings (SSSR count). The van der Waals surface area contributed by atoms with Crippen LogP contribution < -0.4 is 10.6 Å². The largest absolute Gasteiger partial charge is 0.327 e. The molecule has 4 nitrogen and oxygen atoms in total. The second-order valence-electron chi connectivity index (χ2n) is 5.52. The average molecular weight is 317 g/mol. The fourth-order valence-corrected chi connectivity index (χ4v) is 2.55. The van der Waals surface area contributed by atoms with Gasteiger partial charge in [0.25, 0.3) is 0 Å². The van der Waals surface area contributed by atoms with Crippen molar-refractivity contribution in [2.24, 2.45) is 0 Å². The van der Waals surface area contributed by atoms with E-state index in [0.29, 0.717) is 5.82 Å². The predicted molar refractivity (Wildman–Crippen MR) is 95.9 cm³/mol. The molecule has 0 bridgehead atoms. The van der Waals surface area contributed by atoms with Crippen LogP contribution in [0.25, 0.3) is 0 Å². The second kappa shape index (κ2) is 7.42. The van der Waals surface area contributed by atoms with Crippen LogP contribution >= 0.6 is 0 Å². The van der Waals surface area contributed by atoms with Crippen LogP contribution in [0.5, 0.6) is 0 Å². The van der Waals surface area contributed by atoms with Gasteiger partial charge in [0.05, 0.1) is 6.04 Å². The highest BCUT2D eigenvalue weighted by atomic mass is 16.2. The first kappa shape index (κ1) is 15.7. The summed E-state index contributed by atoms with van der Waals surface area (Å²) in [6, 6.07) is 24.8. The summed E-state index contributed by atoms with van der Waals surface area (Å²) in [5.74, 6) is 0.535. The maximum Gasteiger partial charge on any atom is 0.321 e. The lowest BCUT2D eigenvalue weighted by Gasteiger charge is -2.20. The number of hydrogen-bond donors (Lipinski definition) is 2. The van der Waals surface area contributed by atoms with E-state index in [4.69, 9.17) is 0 Å². The maximum absolute atomic E-state index is 12.4. The van der Waals surface area contributed by atoms with Gasteiger partial charge in [0.1, 0.15) is 5.82 Å². The Morgan fingerprint density at radius 1 is 0.833 bits per heavy atom. The van der Waals surface area contributed by atoms with Gasteiger partial charge in [-0.05, 0) is 30.2 Å². The lowest BCUT2D eigenvalue weighted by Crippen LogP contribution is -2.33. The molecule has 0 unspecified atom stereocenters. The van der Waals surface area contributed by atoms with Gasteiger partial charge < -0.3 is 5.32 Å². The van der Waals surface area contributed by atoms with Crippen LogP contribution in [0.2, 0.25) is 0 Å². The zero-order chi connectivity index (χ0) is 16.8. The molecule has 0 atom stereocenters. The summed E-state index contributed by atoms with van der Waals surface area (Å²) in [5, 5.41) is 5.82. The number of nitrogens with one attached hydrogen (secondary N) is 2. The second-order valence-corrected chi connectivity index (χ2v) is 5.52. The summed E-state index contributed by atoms with van der Waals surface area (Å²) >= 11 is 0. The number of amides is 2. The van der Waals surface area contributed by atoms with Gasteiger partial charge in [-0.2, -0.15) is 0 Å². The number of aryl methyl sites for hydroxylation is 1. The van der Waals surface area contributed by atoms with E-state index >= 15 is 0 Å². The lowest BCUT2D eigenvalue weighted by molar-refractivity contribution is 0.250. The van der Waals surface area contributed by atoms with E-state index in [-0.39, 0.29) is 12.1 Å². The molecule has 120 valence electrons. The quantitative estimate of drug-likeness (QED) is 0.753. The normalized spacial score (nSPS) is 10.4. The third kappa shape index (κ3) is 3.98. The number of carbonyl (C=O) groups is 1. The van der Waals surface area contributed by atoms with Gasteiger partial charge in [0, 0.05) is 5.69 Å². The van der Waals surface area contributed by atoms with E-state index in [1.165, 1.54) is 0 Å². The number of aromatic nitrogens is 1. The number of nitrogens with zero attached hydrogens (tertiary/aromatic N) is 1. The monoisotopic (exact) mass is 317 g/mol. The van der Waals surface area contributed by atoms with Crippen LogP contribution in [0.15, 0.2) is 78.9 Å². The molecule has 0 saturated heterocycles. The molecule has 2 N–H and O–H groups in total. The van der Waals surface area contributed by atoms with E-state index < -0.39 is 0 Å². The van der Waals surface area contributed by atoms with Crippen LogP contribution in [0.1, 0.15) is 22.9 Å². The van der Waals surface area contributed by atoms with Crippen molar-refractivity contribution >= 4 is 11.8 Å². The standard InChI is InChI=1S/C20H19N3O/c1-15-9-8-14-18(21-15)22-20(24)23-19(16-10-4-2-5-11-16)17-12-6-3-7-13-17/h2-14,19H,1H3,(H2,21,22,23,24). The highest BCUT2D eigenvalue weighted by Gasteiger charge is 2.16. The topological polar surface area (TPSA) is 54.0 Å². The van der Waals surface area contributed by atoms with Crippen LogP contribution in [-0.4, -0.2) is 11.0 Å². The minimum Gasteiger partial charge on any atom is -0.327 e. The number of anilines is 1. The van der Waals surface area contributed by atoms with Crippen LogP contribution in [0.3, 0.4) is 0 Å². The van der Waals surface area contributed by atoms with Gasteiger partial charge in [0.2, 0.25) is 0 Å². The number of rotatable bonds is 4. The summed E-state index contributed by atoms with van der Waals surface area (Å²) in [6.45, 7) is 1.89. The number of urea groups is 1. The van der Waals surface area contributed by atoms with Crippen molar-refractivity contribution in [1.82, 2.24) is 10.3 Å². The van der Waals surface area contributed by atoms with Crippen molar-refractivity contribution in [2.45, 2.75) is 13.0 Å². The molecule has 1 heterocycles. The summed E-state index contributed by atoms with van der Waals surface area (Å²) in [6.07, 6.45) is 0. The van der Waals surface area contributed by atoms with Gasteiger partial charge in [-0.25, -0.2) is 9.78 Å². The molecule has 24 heavy (non-hydrogen) atoms. The summed E-state index contributed by atoms with van der Waals surface area (Å²) in [7, 11) is 0. The van der Waals surface area contributed by atoms with Crippen molar-refractivity contribution in [2.75, 3.05) is 5.32 Å². The summed E-state index contributed by atoms with van der Waals surface area (Å²) in [4.78, 5) is 16.7. The number of pyridine rings is 1. The van der Waals surface area contributed by atoms with Gasteiger partial charge in [-0.3, -0.25) is 5.32 Å². The van der Waals surface area contributed by atoms with Crippen molar-refractivity contribution in [3.8, 4) is 0 Å². The smallest absolute Gasteiger partial charge is 0.321 e. The molecule has 0 spiro atoms. The minimum absolute atomic E-state index is 0.225. The van der Waals surface area contributed by atoms with E-state index in [1.807, 2.05) is 79.7 Å². The van der Waals surface area contributed by atoms with E-state index in [2.05, 4.69) is 15.6 Å². The number of benzene rings is 2. The average Bonchev–Trinajstić information content (AvgIpc) is 2.61. The molecule has 2 amide bonds.